The van der Waals surface area contributed by atoms with Gasteiger partial charge in [0.05, 0.1) is 11.2 Å². The molecule has 2 heterocycles. The Bertz CT molecular complexity index is 1200. The van der Waals surface area contributed by atoms with Gasteiger partial charge in [0.1, 0.15) is 11.3 Å². The van der Waals surface area contributed by atoms with E-state index in [0.717, 1.165) is 34.5 Å². The van der Waals surface area contributed by atoms with E-state index < -0.39 is 0 Å². The Morgan fingerprint density at radius 1 is 0.769 bits per heavy atom. The summed E-state index contributed by atoms with van der Waals surface area (Å²) in [6.07, 6.45) is 2.62. The number of nitrogens with one attached hydrogen (secondary N) is 1. The SMILES string of the molecule is c1ccc(-c2nc3c(Cc4cccc5ccccc45)nccc3[nH]2)cc1. The van der Waals surface area contributed by atoms with Gasteiger partial charge in [-0.25, -0.2) is 4.98 Å². The number of hydrogen-bond donors (Lipinski definition) is 1. The summed E-state index contributed by atoms with van der Waals surface area (Å²) in [7, 11) is 0. The molecule has 0 atom stereocenters. The van der Waals surface area contributed by atoms with Crippen molar-refractivity contribution in [2.45, 2.75) is 6.42 Å². The lowest BCUT2D eigenvalue weighted by atomic mass is 10.0. The summed E-state index contributed by atoms with van der Waals surface area (Å²) in [6, 6.07) is 27.1. The molecule has 0 aliphatic rings. The molecule has 0 bridgehead atoms. The lowest BCUT2D eigenvalue weighted by Crippen LogP contribution is -1.94. The third-order valence-electron chi connectivity index (χ3n) is 4.76. The molecule has 0 aliphatic heterocycles. The summed E-state index contributed by atoms with van der Waals surface area (Å²) in [5.74, 6) is 0.882. The molecule has 0 fully saturated rings. The molecular weight excluding hydrogens is 318 g/mol. The van der Waals surface area contributed by atoms with Crippen molar-refractivity contribution in [1.82, 2.24) is 15.0 Å². The minimum atomic E-state index is 0.762. The number of H-pyrrole nitrogens is 1. The third kappa shape index (κ3) is 2.54. The zero-order valence-corrected chi connectivity index (χ0v) is 14.2. The van der Waals surface area contributed by atoms with Crippen molar-refractivity contribution in [3.05, 3.63) is 96.3 Å². The first-order chi connectivity index (χ1) is 12.9. The van der Waals surface area contributed by atoms with Crippen LogP contribution in [0.5, 0.6) is 0 Å². The normalized spacial score (nSPS) is 11.2. The van der Waals surface area contributed by atoms with Gasteiger partial charge in [-0.1, -0.05) is 72.8 Å². The molecule has 0 aliphatic carbocycles. The highest BCUT2D eigenvalue weighted by molar-refractivity contribution is 5.87. The van der Waals surface area contributed by atoms with Gasteiger partial charge in [-0.15, -0.1) is 0 Å². The van der Waals surface area contributed by atoms with Crippen molar-refractivity contribution in [3.63, 3.8) is 0 Å². The van der Waals surface area contributed by atoms with Gasteiger partial charge in [-0.05, 0) is 22.4 Å². The zero-order chi connectivity index (χ0) is 17.3. The summed E-state index contributed by atoms with van der Waals surface area (Å²) in [5, 5.41) is 2.52. The highest BCUT2D eigenvalue weighted by Crippen LogP contribution is 2.25. The molecule has 3 nitrogen and oxygen atoms in total. The molecular formula is C23H17N3. The predicted molar refractivity (Wildman–Crippen MR) is 106 cm³/mol. The Morgan fingerprint density at radius 3 is 2.50 bits per heavy atom. The van der Waals surface area contributed by atoms with Crippen LogP contribution in [0.25, 0.3) is 33.2 Å². The Morgan fingerprint density at radius 2 is 1.58 bits per heavy atom. The van der Waals surface area contributed by atoms with E-state index in [1.165, 1.54) is 16.3 Å². The fourth-order valence-corrected chi connectivity index (χ4v) is 3.48. The van der Waals surface area contributed by atoms with Crippen LogP contribution < -0.4 is 0 Å². The van der Waals surface area contributed by atoms with E-state index in [9.17, 15) is 0 Å². The van der Waals surface area contributed by atoms with Crippen LogP contribution in [0.3, 0.4) is 0 Å². The van der Waals surface area contributed by atoms with Crippen LogP contribution in [-0.2, 0) is 6.42 Å². The van der Waals surface area contributed by atoms with Crippen LogP contribution in [-0.4, -0.2) is 15.0 Å². The van der Waals surface area contributed by atoms with Crippen molar-refractivity contribution >= 4 is 21.8 Å². The van der Waals surface area contributed by atoms with E-state index in [1.54, 1.807) is 0 Å². The van der Waals surface area contributed by atoms with E-state index in [0.29, 0.717) is 0 Å². The standard InChI is InChI=1S/C23H17N3/c1-2-8-17(9-3-1)23-25-20-13-14-24-21(22(20)26-23)15-18-11-6-10-16-7-4-5-12-19(16)18/h1-14H,15H2,(H,25,26). The lowest BCUT2D eigenvalue weighted by molar-refractivity contribution is 1.10. The summed E-state index contributed by atoms with van der Waals surface area (Å²) in [4.78, 5) is 12.9. The number of benzene rings is 3. The second kappa shape index (κ2) is 6.12. The van der Waals surface area contributed by atoms with Crippen molar-refractivity contribution in [2.24, 2.45) is 0 Å². The second-order valence-corrected chi connectivity index (χ2v) is 6.42. The third-order valence-corrected chi connectivity index (χ3v) is 4.76. The number of rotatable bonds is 3. The van der Waals surface area contributed by atoms with Crippen LogP contribution >= 0.6 is 0 Å². The van der Waals surface area contributed by atoms with Crippen LogP contribution in [0.2, 0.25) is 0 Å². The first kappa shape index (κ1) is 14.8. The number of hydrogen-bond acceptors (Lipinski definition) is 2. The van der Waals surface area contributed by atoms with Gasteiger partial charge in [0, 0.05) is 18.2 Å². The Kier molecular flexibility index (Phi) is 3.49. The lowest BCUT2D eigenvalue weighted by Gasteiger charge is -2.06. The first-order valence-corrected chi connectivity index (χ1v) is 8.74. The molecule has 3 aromatic carbocycles. The number of imidazole rings is 1. The Balaban J connectivity index is 1.62. The largest absolute Gasteiger partial charge is 0.338 e. The number of fused-ring (bicyclic) bond motifs is 2. The zero-order valence-electron chi connectivity index (χ0n) is 14.2. The van der Waals surface area contributed by atoms with Crippen molar-refractivity contribution in [3.8, 4) is 11.4 Å². The molecule has 2 aromatic heterocycles. The highest BCUT2D eigenvalue weighted by atomic mass is 14.9. The maximum absolute atomic E-state index is 4.84. The molecule has 0 amide bonds. The van der Waals surface area contributed by atoms with E-state index in [2.05, 4.69) is 64.6 Å². The molecule has 0 saturated carbocycles. The van der Waals surface area contributed by atoms with E-state index >= 15 is 0 Å². The predicted octanol–water partition coefficient (Wildman–Crippen LogP) is 5.37. The monoisotopic (exact) mass is 335 g/mol. The van der Waals surface area contributed by atoms with E-state index in [1.807, 2.05) is 30.5 Å². The maximum atomic E-state index is 4.84. The van der Waals surface area contributed by atoms with Crippen molar-refractivity contribution in [2.75, 3.05) is 0 Å². The topological polar surface area (TPSA) is 41.6 Å². The molecule has 0 saturated heterocycles. The summed E-state index contributed by atoms with van der Waals surface area (Å²) in [5.41, 5.74) is 5.32. The average molecular weight is 335 g/mol. The highest BCUT2D eigenvalue weighted by Gasteiger charge is 2.11. The molecule has 0 radical (unpaired) electrons. The smallest absolute Gasteiger partial charge is 0.138 e. The van der Waals surface area contributed by atoms with Gasteiger partial charge in [-0.3, -0.25) is 4.98 Å². The summed E-state index contributed by atoms with van der Waals surface area (Å²) >= 11 is 0. The average Bonchev–Trinajstić information content (AvgIpc) is 3.14. The van der Waals surface area contributed by atoms with Gasteiger partial charge in [0.25, 0.3) is 0 Å². The fraction of sp³-hybridized carbons (Fsp3) is 0.0435. The number of nitrogens with zero attached hydrogens (tertiary/aromatic N) is 2. The Labute approximate surface area is 151 Å². The minimum Gasteiger partial charge on any atom is -0.338 e. The summed E-state index contributed by atoms with van der Waals surface area (Å²) < 4.78 is 0. The molecule has 3 heteroatoms. The van der Waals surface area contributed by atoms with Crippen LogP contribution in [0, 0.1) is 0 Å². The number of aromatic nitrogens is 3. The molecule has 5 aromatic rings. The molecule has 124 valence electrons. The maximum Gasteiger partial charge on any atom is 0.138 e. The van der Waals surface area contributed by atoms with Crippen molar-refractivity contribution < 1.29 is 0 Å². The molecule has 0 spiro atoms. The molecule has 0 unspecified atom stereocenters. The van der Waals surface area contributed by atoms with Gasteiger partial charge in [0.2, 0.25) is 0 Å². The van der Waals surface area contributed by atoms with E-state index in [-0.39, 0.29) is 0 Å². The molecule has 1 N–H and O–H groups in total. The Hall–Kier alpha value is -3.46. The quantitative estimate of drug-likeness (QED) is 0.481. The van der Waals surface area contributed by atoms with Gasteiger partial charge < -0.3 is 4.98 Å². The van der Waals surface area contributed by atoms with Gasteiger partial charge >= 0.3 is 0 Å². The fourth-order valence-electron chi connectivity index (χ4n) is 3.48. The van der Waals surface area contributed by atoms with E-state index in [4.69, 9.17) is 4.98 Å². The second-order valence-electron chi connectivity index (χ2n) is 6.42. The molecule has 26 heavy (non-hydrogen) atoms. The van der Waals surface area contributed by atoms with Gasteiger partial charge in [0.15, 0.2) is 0 Å². The minimum absolute atomic E-state index is 0.762. The molecule has 5 rings (SSSR count). The van der Waals surface area contributed by atoms with Crippen molar-refractivity contribution in [1.29, 1.82) is 0 Å². The van der Waals surface area contributed by atoms with Crippen LogP contribution in [0.1, 0.15) is 11.3 Å². The summed E-state index contributed by atoms with van der Waals surface area (Å²) in [6.45, 7) is 0. The van der Waals surface area contributed by atoms with Crippen LogP contribution in [0.15, 0.2) is 85.1 Å². The van der Waals surface area contributed by atoms with Crippen LogP contribution in [0.4, 0.5) is 0 Å². The number of pyridine rings is 1. The van der Waals surface area contributed by atoms with Gasteiger partial charge in [-0.2, -0.15) is 0 Å². The first-order valence-electron chi connectivity index (χ1n) is 8.74. The number of aromatic amines is 1.